The first-order valence-corrected chi connectivity index (χ1v) is 6.78. The molecule has 2 rings (SSSR count). The first-order chi connectivity index (χ1) is 6.69. The largest absolute Gasteiger partial charge is 0.299 e. The third kappa shape index (κ3) is 1.36. The molecule has 2 saturated carbocycles. The van der Waals surface area contributed by atoms with Crippen LogP contribution in [-0.4, -0.2) is 24.5 Å². The van der Waals surface area contributed by atoms with Crippen LogP contribution in [0.5, 0.6) is 0 Å². The summed E-state index contributed by atoms with van der Waals surface area (Å²) in [5, 5.41) is 0. The summed E-state index contributed by atoms with van der Waals surface area (Å²) in [5.74, 6) is -0.117. The van der Waals surface area contributed by atoms with E-state index in [4.69, 9.17) is 4.55 Å². The van der Waals surface area contributed by atoms with Gasteiger partial charge in [-0.2, -0.15) is 8.42 Å². The van der Waals surface area contributed by atoms with E-state index in [1.165, 1.54) is 0 Å². The highest BCUT2D eigenvalue weighted by atomic mass is 32.2. The van der Waals surface area contributed by atoms with Gasteiger partial charge in [0.05, 0.1) is 5.75 Å². The first-order valence-electron chi connectivity index (χ1n) is 5.17. The highest BCUT2D eigenvalue weighted by Crippen LogP contribution is 2.65. The zero-order valence-corrected chi connectivity index (χ0v) is 9.80. The fourth-order valence-corrected chi connectivity index (χ4v) is 4.43. The van der Waals surface area contributed by atoms with Crippen LogP contribution < -0.4 is 0 Å². The average Bonchev–Trinajstić information content (AvgIpc) is 2.15. The normalized spacial score (nSPS) is 45.0. The average molecular weight is 232 g/mol. The lowest BCUT2D eigenvalue weighted by Crippen LogP contribution is -2.49. The Morgan fingerprint density at radius 1 is 1.47 bits per heavy atom. The van der Waals surface area contributed by atoms with E-state index in [9.17, 15) is 13.2 Å². The van der Waals surface area contributed by atoms with E-state index in [1.54, 1.807) is 6.92 Å². The Kier molecular flexibility index (Phi) is 2.09. The Hall–Kier alpha value is -0.420. The van der Waals surface area contributed by atoms with Crippen molar-refractivity contribution in [1.29, 1.82) is 0 Å². The summed E-state index contributed by atoms with van der Waals surface area (Å²) in [6.45, 7) is 3.65. The molecule has 15 heavy (non-hydrogen) atoms. The maximum absolute atomic E-state index is 11.9. The maximum atomic E-state index is 11.9. The van der Waals surface area contributed by atoms with Crippen molar-refractivity contribution in [2.45, 2.75) is 33.1 Å². The summed E-state index contributed by atoms with van der Waals surface area (Å²) in [4.78, 5) is 11.9. The molecule has 0 aromatic rings. The number of hydrogen-bond donors (Lipinski definition) is 1. The zero-order valence-electron chi connectivity index (χ0n) is 8.99. The predicted octanol–water partition coefficient (Wildman–Crippen LogP) is 1.27. The number of carbonyl (C=O) groups excluding carboxylic acids is 1. The number of hydrogen-bond acceptors (Lipinski definition) is 3. The van der Waals surface area contributed by atoms with Gasteiger partial charge in [0, 0.05) is 11.8 Å². The highest BCUT2D eigenvalue weighted by Gasteiger charge is 2.64. The van der Waals surface area contributed by atoms with Crippen LogP contribution in [0.3, 0.4) is 0 Å². The molecule has 2 fully saturated rings. The standard InChI is InChI=1S/C10H16O4S/c1-9-4-3-7(9)5-8(11)10(9,2)6-15(12,13)14/h7H,3-6H2,1-2H3,(H,12,13,14). The van der Waals surface area contributed by atoms with Gasteiger partial charge in [-0.3, -0.25) is 9.35 Å². The lowest BCUT2D eigenvalue weighted by Gasteiger charge is -2.50. The van der Waals surface area contributed by atoms with Crippen molar-refractivity contribution in [3.8, 4) is 0 Å². The summed E-state index contributed by atoms with van der Waals surface area (Å²) in [5.41, 5.74) is -1.11. The van der Waals surface area contributed by atoms with Gasteiger partial charge in [0.1, 0.15) is 5.78 Å². The van der Waals surface area contributed by atoms with Crippen LogP contribution in [0.25, 0.3) is 0 Å². The van der Waals surface area contributed by atoms with E-state index in [0.29, 0.717) is 12.3 Å². The predicted molar refractivity (Wildman–Crippen MR) is 55.0 cm³/mol. The minimum Gasteiger partial charge on any atom is -0.299 e. The van der Waals surface area contributed by atoms with Crippen LogP contribution in [0.4, 0.5) is 0 Å². The fraction of sp³-hybridized carbons (Fsp3) is 0.900. The molecule has 0 radical (unpaired) electrons. The molecule has 0 aromatic heterocycles. The van der Waals surface area contributed by atoms with Crippen molar-refractivity contribution < 1.29 is 17.8 Å². The lowest BCUT2D eigenvalue weighted by atomic mass is 9.54. The molecule has 0 aliphatic heterocycles. The van der Waals surface area contributed by atoms with Crippen molar-refractivity contribution >= 4 is 15.9 Å². The smallest absolute Gasteiger partial charge is 0.265 e. The van der Waals surface area contributed by atoms with Gasteiger partial charge >= 0.3 is 0 Å². The molecule has 4 nitrogen and oxygen atoms in total. The molecule has 3 atom stereocenters. The van der Waals surface area contributed by atoms with Gasteiger partial charge in [-0.1, -0.05) is 13.8 Å². The van der Waals surface area contributed by atoms with Crippen LogP contribution in [-0.2, 0) is 14.9 Å². The van der Waals surface area contributed by atoms with Gasteiger partial charge in [0.2, 0.25) is 0 Å². The number of Topliss-reactive ketones (excluding diaryl/α,β-unsaturated/α-hetero) is 1. The quantitative estimate of drug-likeness (QED) is 0.728. The molecule has 0 saturated heterocycles. The van der Waals surface area contributed by atoms with Gasteiger partial charge in [0.15, 0.2) is 0 Å². The van der Waals surface area contributed by atoms with E-state index in [1.807, 2.05) is 6.92 Å². The molecule has 2 aliphatic rings. The highest BCUT2D eigenvalue weighted by molar-refractivity contribution is 7.85. The van der Waals surface area contributed by atoms with Crippen molar-refractivity contribution in [3.05, 3.63) is 0 Å². The van der Waals surface area contributed by atoms with E-state index >= 15 is 0 Å². The van der Waals surface area contributed by atoms with Gasteiger partial charge in [-0.15, -0.1) is 0 Å². The van der Waals surface area contributed by atoms with Crippen molar-refractivity contribution in [2.75, 3.05) is 5.75 Å². The van der Waals surface area contributed by atoms with Crippen LogP contribution in [0, 0.1) is 16.7 Å². The van der Waals surface area contributed by atoms with E-state index in [0.717, 1.165) is 12.8 Å². The van der Waals surface area contributed by atoms with Crippen LogP contribution in [0.1, 0.15) is 33.1 Å². The molecule has 0 bridgehead atoms. The molecule has 2 aliphatic carbocycles. The van der Waals surface area contributed by atoms with Crippen molar-refractivity contribution in [3.63, 3.8) is 0 Å². The fourth-order valence-electron chi connectivity index (χ4n) is 3.21. The van der Waals surface area contributed by atoms with E-state index in [2.05, 4.69) is 0 Å². The van der Waals surface area contributed by atoms with Gasteiger partial charge in [-0.25, -0.2) is 0 Å². The SMILES string of the molecule is CC1(CS(=O)(=O)O)C(=O)CC2CCC21C. The molecular formula is C10H16O4S. The van der Waals surface area contributed by atoms with Crippen LogP contribution in [0.15, 0.2) is 0 Å². The Balaban J connectivity index is 2.37. The van der Waals surface area contributed by atoms with E-state index < -0.39 is 21.3 Å². The second-order valence-corrected chi connectivity index (χ2v) is 6.79. The monoisotopic (exact) mass is 232 g/mol. The molecule has 0 aromatic carbocycles. The Morgan fingerprint density at radius 3 is 2.40 bits per heavy atom. The minimum absolute atomic E-state index is 0.00914. The Labute approximate surface area is 89.8 Å². The third-order valence-corrected chi connectivity index (χ3v) is 5.63. The maximum Gasteiger partial charge on any atom is 0.265 e. The van der Waals surface area contributed by atoms with Crippen LogP contribution >= 0.6 is 0 Å². The molecule has 5 heteroatoms. The van der Waals surface area contributed by atoms with Crippen molar-refractivity contribution in [1.82, 2.24) is 0 Å². The number of rotatable bonds is 2. The summed E-state index contributed by atoms with van der Waals surface area (Å²) in [7, 11) is -4.08. The summed E-state index contributed by atoms with van der Waals surface area (Å²) in [6.07, 6.45) is 2.36. The second-order valence-electron chi connectivity index (χ2n) is 5.34. The first kappa shape index (κ1) is 11.1. The molecule has 86 valence electrons. The zero-order chi connectivity index (χ0) is 11.5. The third-order valence-electron chi connectivity index (χ3n) is 4.69. The molecule has 1 N–H and O–H groups in total. The number of carbonyl (C=O) groups is 1. The molecular weight excluding hydrogens is 216 g/mol. The topological polar surface area (TPSA) is 71.4 Å². The molecule has 0 spiro atoms. The number of fused-ring (bicyclic) bond motifs is 1. The molecule has 0 heterocycles. The summed E-state index contributed by atoms with van der Waals surface area (Å²) >= 11 is 0. The minimum atomic E-state index is -4.08. The lowest BCUT2D eigenvalue weighted by molar-refractivity contribution is -0.128. The van der Waals surface area contributed by atoms with Gasteiger partial charge in [0.25, 0.3) is 10.1 Å². The summed E-state index contributed by atoms with van der Waals surface area (Å²) in [6, 6.07) is 0. The van der Waals surface area contributed by atoms with Crippen LogP contribution in [0.2, 0.25) is 0 Å². The van der Waals surface area contributed by atoms with Crippen molar-refractivity contribution in [2.24, 2.45) is 16.7 Å². The molecule has 0 amide bonds. The Bertz CT molecular complexity index is 413. The number of ketones is 1. The van der Waals surface area contributed by atoms with E-state index in [-0.39, 0.29) is 11.2 Å². The van der Waals surface area contributed by atoms with Gasteiger partial charge in [-0.05, 0) is 24.2 Å². The summed E-state index contributed by atoms with van der Waals surface area (Å²) < 4.78 is 30.8. The van der Waals surface area contributed by atoms with Gasteiger partial charge < -0.3 is 0 Å². The second kappa shape index (κ2) is 2.83. The molecule has 3 unspecified atom stereocenters. The Morgan fingerprint density at radius 2 is 2.07 bits per heavy atom.